The van der Waals surface area contributed by atoms with Crippen LogP contribution < -0.4 is 5.73 Å². The molecule has 80 valence electrons. The Hall–Kier alpha value is -1.35. The van der Waals surface area contributed by atoms with E-state index in [1.165, 1.54) is 0 Å². The van der Waals surface area contributed by atoms with Crippen molar-refractivity contribution in [3.8, 4) is 5.75 Å². The predicted octanol–water partition coefficient (Wildman–Crippen LogP) is 1.20. The molecule has 2 rings (SSSR count). The summed E-state index contributed by atoms with van der Waals surface area (Å²) in [6.07, 6.45) is 0.837. The van der Waals surface area contributed by atoms with Crippen molar-refractivity contribution in [1.82, 2.24) is 0 Å². The summed E-state index contributed by atoms with van der Waals surface area (Å²) < 4.78 is 0. The number of nitrogens with two attached hydrogens (primary N) is 1. The van der Waals surface area contributed by atoms with Crippen LogP contribution in [0.1, 0.15) is 18.9 Å². The third-order valence-corrected chi connectivity index (χ3v) is 3.40. The van der Waals surface area contributed by atoms with Gasteiger partial charge in [-0.15, -0.1) is 0 Å². The zero-order valence-electron chi connectivity index (χ0n) is 8.73. The maximum absolute atomic E-state index is 11.7. The third-order valence-electron chi connectivity index (χ3n) is 3.40. The van der Waals surface area contributed by atoms with Crippen LogP contribution >= 0.6 is 0 Å². The largest absolute Gasteiger partial charge is 0.508 e. The molecule has 0 unspecified atom stereocenters. The van der Waals surface area contributed by atoms with Crippen molar-refractivity contribution in [3.63, 3.8) is 0 Å². The number of benzene rings is 1. The maximum Gasteiger partial charge on any atom is 0.140 e. The van der Waals surface area contributed by atoms with Gasteiger partial charge >= 0.3 is 0 Å². The fourth-order valence-electron chi connectivity index (χ4n) is 2.36. The highest BCUT2D eigenvalue weighted by molar-refractivity contribution is 5.92. The summed E-state index contributed by atoms with van der Waals surface area (Å²) in [5, 5.41) is 9.19. The molecule has 15 heavy (non-hydrogen) atoms. The van der Waals surface area contributed by atoms with Gasteiger partial charge in [0.1, 0.15) is 11.5 Å². The van der Waals surface area contributed by atoms with Gasteiger partial charge in [-0.3, -0.25) is 4.79 Å². The summed E-state index contributed by atoms with van der Waals surface area (Å²) in [7, 11) is 0. The van der Waals surface area contributed by atoms with Crippen molar-refractivity contribution in [2.24, 2.45) is 11.7 Å². The zero-order valence-corrected chi connectivity index (χ0v) is 8.73. The maximum atomic E-state index is 11.7. The minimum absolute atomic E-state index is 0.170. The lowest BCUT2D eigenvalue weighted by Gasteiger charge is -2.14. The number of hydrogen-bond donors (Lipinski definition) is 2. The van der Waals surface area contributed by atoms with E-state index in [0.717, 1.165) is 12.0 Å². The number of phenols is 1. The molecule has 1 aliphatic carbocycles. The summed E-state index contributed by atoms with van der Waals surface area (Å²) in [6, 6.07) is 6.86. The van der Waals surface area contributed by atoms with Crippen molar-refractivity contribution in [2.45, 2.75) is 18.8 Å². The second kappa shape index (κ2) is 3.35. The fraction of sp³-hybridized carbons (Fsp3) is 0.417. The lowest BCUT2D eigenvalue weighted by atomic mass is 9.89. The number of hydrogen-bond acceptors (Lipinski definition) is 3. The Bertz CT molecular complexity index is 385. The lowest BCUT2D eigenvalue weighted by Crippen LogP contribution is -2.23. The van der Waals surface area contributed by atoms with Crippen LogP contribution in [-0.4, -0.2) is 17.4 Å². The van der Waals surface area contributed by atoms with Crippen LogP contribution in [0.25, 0.3) is 0 Å². The Kier molecular flexibility index (Phi) is 2.27. The monoisotopic (exact) mass is 205 g/mol. The molecule has 0 aromatic heterocycles. The first kappa shape index (κ1) is 10.2. The van der Waals surface area contributed by atoms with Crippen molar-refractivity contribution in [2.75, 3.05) is 6.54 Å². The molecule has 0 saturated heterocycles. The molecule has 3 nitrogen and oxygen atoms in total. The summed E-state index contributed by atoms with van der Waals surface area (Å²) in [4.78, 5) is 11.7. The minimum Gasteiger partial charge on any atom is -0.508 e. The first-order valence-electron chi connectivity index (χ1n) is 5.12. The average Bonchev–Trinajstić information content (AvgIpc) is 2.94. The van der Waals surface area contributed by atoms with E-state index in [4.69, 9.17) is 5.73 Å². The molecule has 1 fully saturated rings. The minimum atomic E-state index is -0.373. The molecular weight excluding hydrogens is 190 g/mol. The Morgan fingerprint density at radius 3 is 2.53 bits per heavy atom. The lowest BCUT2D eigenvalue weighted by molar-refractivity contribution is -0.119. The van der Waals surface area contributed by atoms with Gasteiger partial charge in [-0.25, -0.2) is 0 Å². The Balaban J connectivity index is 2.36. The van der Waals surface area contributed by atoms with Crippen LogP contribution in [0.15, 0.2) is 24.3 Å². The molecule has 3 N–H and O–H groups in total. The van der Waals surface area contributed by atoms with E-state index < -0.39 is 0 Å². The summed E-state index contributed by atoms with van der Waals surface area (Å²) in [5.41, 5.74) is 6.22. The van der Waals surface area contributed by atoms with Gasteiger partial charge in [0.15, 0.2) is 0 Å². The van der Waals surface area contributed by atoms with Crippen LogP contribution in [0.3, 0.4) is 0 Å². The molecule has 1 aromatic rings. The van der Waals surface area contributed by atoms with Gasteiger partial charge in [0.05, 0.1) is 5.41 Å². The SMILES string of the molecule is CC(=O)[C@@]1(c2ccc(O)cc2)C[C@H]1CN. The van der Waals surface area contributed by atoms with Crippen LogP contribution in [0.5, 0.6) is 5.75 Å². The highest BCUT2D eigenvalue weighted by Crippen LogP contribution is 2.54. The number of ketones is 1. The Morgan fingerprint density at radius 1 is 1.53 bits per heavy atom. The molecule has 0 aliphatic heterocycles. The molecule has 0 radical (unpaired) electrons. The van der Waals surface area contributed by atoms with E-state index in [9.17, 15) is 9.90 Å². The fourth-order valence-corrected chi connectivity index (χ4v) is 2.36. The topological polar surface area (TPSA) is 63.3 Å². The Labute approximate surface area is 88.9 Å². The second-order valence-corrected chi connectivity index (χ2v) is 4.21. The average molecular weight is 205 g/mol. The molecule has 0 spiro atoms. The summed E-state index contributed by atoms with van der Waals surface area (Å²) >= 11 is 0. The molecule has 1 aliphatic rings. The predicted molar refractivity (Wildman–Crippen MR) is 57.6 cm³/mol. The smallest absolute Gasteiger partial charge is 0.140 e. The van der Waals surface area contributed by atoms with Crippen LogP contribution in [0, 0.1) is 5.92 Å². The van der Waals surface area contributed by atoms with Gasteiger partial charge in [0.2, 0.25) is 0 Å². The third kappa shape index (κ3) is 1.43. The summed E-state index contributed by atoms with van der Waals surface area (Å²) in [6.45, 7) is 2.16. The van der Waals surface area contributed by atoms with Crippen LogP contribution in [-0.2, 0) is 10.2 Å². The van der Waals surface area contributed by atoms with E-state index in [1.807, 2.05) is 12.1 Å². The van der Waals surface area contributed by atoms with Crippen molar-refractivity contribution < 1.29 is 9.90 Å². The molecule has 2 atom stereocenters. The van der Waals surface area contributed by atoms with E-state index >= 15 is 0 Å². The number of carbonyl (C=O) groups excluding carboxylic acids is 1. The number of rotatable bonds is 3. The zero-order chi connectivity index (χ0) is 11.1. The molecule has 1 aromatic carbocycles. The van der Waals surface area contributed by atoms with Crippen LogP contribution in [0.2, 0.25) is 0 Å². The Morgan fingerprint density at radius 2 is 2.13 bits per heavy atom. The quantitative estimate of drug-likeness (QED) is 0.779. The summed E-state index contributed by atoms with van der Waals surface area (Å²) in [5.74, 6) is 0.658. The molecule has 0 amide bonds. The normalized spacial score (nSPS) is 28.8. The number of carbonyl (C=O) groups is 1. The molecular formula is C12H15NO2. The number of phenolic OH excluding ortho intramolecular Hbond substituents is 1. The number of Topliss-reactive ketones (excluding diaryl/α,β-unsaturated/α-hetero) is 1. The van der Waals surface area contributed by atoms with E-state index in [0.29, 0.717) is 6.54 Å². The first-order chi connectivity index (χ1) is 7.11. The van der Waals surface area contributed by atoms with Crippen molar-refractivity contribution in [3.05, 3.63) is 29.8 Å². The van der Waals surface area contributed by atoms with E-state index in [2.05, 4.69) is 0 Å². The molecule has 1 saturated carbocycles. The van der Waals surface area contributed by atoms with Gasteiger partial charge in [-0.05, 0) is 43.5 Å². The van der Waals surface area contributed by atoms with Gasteiger partial charge in [-0.1, -0.05) is 12.1 Å². The van der Waals surface area contributed by atoms with Gasteiger partial charge in [0, 0.05) is 0 Å². The van der Waals surface area contributed by atoms with Crippen molar-refractivity contribution >= 4 is 5.78 Å². The van der Waals surface area contributed by atoms with E-state index in [-0.39, 0.29) is 22.9 Å². The van der Waals surface area contributed by atoms with Crippen LogP contribution in [0.4, 0.5) is 0 Å². The standard InChI is InChI=1S/C12H15NO2/c1-8(14)12(6-10(12)7-13)9-2-4-11(15)5-3-9/h2-5,10,15H,6-7,13H2,1H3/t10-,12+/m0/s1. The number of aromatic hydroxyl groups is 1. The second-order valence-electron chi connectivity index (χ2n) is 4.21. The molecule has 3 heteroatoms. The van der Waals surface area contributed by atoms with Gasteiger partial charge in [-0.2, -0.15) is 0 Å². The molecule has 0 heterocycles. The van der Waals surface area contributed by atoms with Crippen molar-refractivity contribution in [1.29, 1.82) is 0 Å². The van der Waals surface area contributed by atoms with Gasteiger partial charge in [0.25, 0.3) is 0 Å². The van der Waals surface area contributed by atoms with E-state index in [1.54, 1.807) is 19.1 Å². The molecule has 0 bridgehead atoms. The van der Waals surface area contributed by atoms with Gasteiger partial charge < -0.3 is 10.8 Å². The highest BCUT2D eigenvalue weighted by atomic mass is 16.3. The highest BCUT2D eigenvalue weighted by Gasteiger charge is 2.57. The first-order valence-corrected chi connectivity index (χ1v) is 5.12.